The first-order chi connectivity index (χ1) is 25.7. The Morgan fingerprint density at radius 3 is 2.02 bits per heavy atom. The quantitative estimate of drug-likeness (QED) is 0.187. The van der Waals surface area contributed by atoms with E-state index in [9.17, 15) is 0 Å². The van der Waals surface area contributed by atoms with Crippen LogP contribution in [0.4, 0.5) is 23.0 Å². The topological polar surface area (TPSA) is 32.3 Å². The van der Waals surface area contributed by atoms with Crippen molar-refractivity contribution < 1.29 is 1.37 Å². The Labute approximate surface area is 299 Å². The number of para-hydroxylation sites is 2. The molecule has 8 aromatic carbocycles. The Bertz CT molecular complexity index is 3050. The van der Waals surface area contributed by atoms with Gasteiger partial charge in [-0.15, -0.1) is 11.3 Å². The summed E-state index contributed by atoms with van der Waals surface area (Å²) in [6.45, 7) is 0. The van der Waals surface area contributed by atoms with Crippen LogP contribution in [0.25, 0.3) is 75.0 Å². The highest BCUT2D eigenvalue weighted by molar-refractivity contribution is 7.26. The maximum Gasteiger partial charge on any atom is 0.251 e. The van der Waals surface area contributed by atoms with Crippen molar-refractivity contribution in [3.63, 3.8) is 0 Å². The zero-order valence-corrected chi connectivity index (χ0v) is 28.1. The molecular weight excluding hydrogens is 641 g/mol. The predicted octanol–water partition coefficient (Wildman–Crippen LogP) is 12.8. The van der Waals surface area contributed by atoms with Crippen LogP contribution >= 0.6 is 11.3 Å². The lowest BCUT2D eigenvalue weighted by Gasteiger charge is -2.43. The molecule has 2 aromatic heterocycles. The normalized spacial score (nSPS) is 12.9. The van der Waals surface area contributed by atoms with Gasteiger partial charge in [-0.05, 0) is 51.9 Å². The van der Waals surface area contributed by atoms with Gasteiger partial charge in [0.15, 0.2) is 0 Å². The van der Waals surface area contributed by atoms with Crippen molar-refractivity contribution in [3.05, 3.63) is 170 Å². The molecule has 4 nitrogen and oxygen atoms in total. The van der Waals surface area contributed by atoms with Gasteiger partial charge in [0.2, 0.25) is 0 Å². The smallest absolute Gasteiger partial charge is 0.246 e. The number of rotatable bonds is 3. The van der Waals surface area contributed by atoms with Crippen LogP contribution in [0.2, 0.25) is 0 Å². The summed E-state index contributed by atoms with van der Waals surface area (Å²) in [5.74, 6) is 0.580. The summed E-state index contributed by atoms with van der Waals surface area (Å²) < 4.78 is 11.4. The molecule has 0 bridgehead atoms. The maximum absolute atomic E-state index is 8.96. The van der Waals surface area contributed by atoms with Crippen molar-refractivity contribution in [2.24, 2.45) is 0 Å². The SMILES string of the molecule is [2H]c1cccc2c3c(ccc12)N(c1ccccc1)N(c1nc(-c2ccccc2)c2ccccc2n1)c1c-3c2ccccc2c2c1sc1ccccc12. The lowest BCUT2D eigenvalue weighted by molar-refractivity contribution is 0.933. The van der Waals surface area contributed by atoms with E-state index >= 15 is 0 Å². The number of fused-ring (bicyclic) bond motifs is 13. The number of hydrazine groups is 1. The number of nitrogens with zero attached hydrogens (tertiary/aromatic N) is 4. The van der Waals surface area contributed by atoms with Crippen molar-refractivity contribution in [3.8, 4) is 22.4 Å². The van der Waals surface area contributed by atoms with Crippen molar-refractivity contribution in [1.29, 1.82) is 0 Å². The van der Waals surface area contributed by atoms with Crippen molar-refractivity contribution in [2.75, 3.05) is 10.0 Å². The Morgan fingerprint density at radius 2 is 1.18 bits per heavy atom. The number of anilines is 4. The van der Waals surface area contributed by atoms with Crippen LogP contribution in [0, 0.1) is 0 Å². The molecule has 0 saturated carbocycles. The van der Waals surface area contributed by atoms with Crippen molar-refractivity contribution in [2.45, 2.75) is 0 Å². The summed E-state index contributed by atoms with van der Waals surface area (Å²) in [4.78, 5) is 10.9. The van der Waals surface area contributed by atoms with Crippen LogP contribution in [0.15, 0.2) is 170 Å². The number of aromatic nitrogens is 2. The minimum absolute atomic E-state index is 0.508. The zero-order valence-electron chi connectivity index (χ0n) is 28.3. The maximum atomic E-state index is 8.96. The average Bonchev–Trinajstić information content (AvgIpc) is 3.60. The molecular formula is C46H28N4S. The third-order valence-electron chi connectivity index (χ3n) is 10.1. The Balaban J connectivity index is 1.38. The lowest BCUT2D eigenvalue weighted by Crippen LogP contribution is -2.40. The molecule has 1 aliphatic rings. The van der Waals surface area contributed by atoms with Gasteiger partial charge in [-0.1, -0.05) is 140 Å². The average molecular weight is 670 g/mol. The van der Waals surface area contributed by atoms with Gasteiger partial charge in [0.05, 0.1) is 34.3 Å². The molecule has 0 aliphatic carbocycles. The Hall–Kier alpha value is -6.56. The highest BCUT2D eigenvalue weighted by Crippen LogP contribution is 2.58. The van der Waals surface area contributed by atoms with Crippen molar-refractivity contribution >= 4 is 87.0 Å². The molecule has 0 unspecified atom stereocenters. The number of benzene rings is 8. The monoisotopic (exact) mass is 669 g/mol. The molecule has 10 aromatic rings. The van der Waals surface area contributed by atoms with Crippen LogP contribution < -0.4 is 10.0 Å². The fraction of sp³-hybridized carbons (Fsp3) is 0. The second kappa shape index (κ2) is 11.0. The molecule has 11 rings (SSSR count). The molecule has 51 heavy (non-hydrogen) atoms. The molecule has 0 atom stereocenters. The molecule has 0 spiro atoms. The van der Waals surface area contributed by atoms with E-state index in [2.05, 4.69) is 150 Å². The van der Waals surface area contributed by atoms with E-state index in [0.717, 1.165) is 66.5 Å². The summed E-state index contributed by atoms with van der Waals surface area (Å²) in [6, 6.07) is 57.5. The summed E-state index contributed by atoms with van der Waals surface area (Å²) in [5.41, 5.74) is 8.02. The lowest BCUT2D eigenvalue weighted by atomic mass is 9.87. The Morgan fingerprint density at radius 1 is 0.510 bits per heavy atom. The summed E-state index contributed by atoms with van der Waals surface area (Å²) >= 11 is 1.81. The minimum atomic E-state index is 0.508. The van der Waals surface area contributed by atoms with Gasteiger partial charge in [-0.2, -0.15) is 0 Å². The van der Waals surface area contributed by atoms with Crippen LogP contribution in [0.3, 0.4) is 0 Å². The van der Waals surface area contributed by atoms with Gasteiger partial charge in [0.25, 0.3) is 5.95 Å². The van der Waals surface area contributed by atoms with Crippen LogP contribution in [-0.4, -0.2) is 9.97 Å². The second-order valence-corrected chi connectivity index (χ2v) is 13.9. The first-order valence-electron chi connectivity index (χ1n) is 17.6. The minimum Gasteiger partial charge on any atom is -0.246 e. The third kappa shape index (κ3) is 4.13. The van der Waals surface area contributed by atoms with E-state index in [1.165, 1.54) is 25.6 Å². The first kappa shape index (κ1) is 27.3. The molecule has 0 radical (unpaired) electrons. The molecule has 0 N–H and O–H groups in total. The van der Waals surface area contributed by atoms with Gasteiger partial charge < -0.3 is 0 Å². The predicted molar refractivity (Wildman–Crippen MR) is 215 cm³/mol. The van der Waals surface area contributed by atoms with Gasteiger partial charge in [0, 0.05) is 37.5 Å². The van der Waals surface area contributed by atoms with Gasteiger partial charge in [-0.3, -0.25) is 0 Å². The van der Waals surface area contributed by atoms with Crippen LogP contribution in [0.1, 0.15) is 1.37 Å². The van der Waals surface area contributed by atoms with Gasteiger partial charge in [-0.25, -0.2) is 20.0 Å². The summed E-state index contributed by atoms with van der Waals surface area (Å²) in [6.07, 6.45) is 0. The number of hydrogen-bond acceptors (Lipinski definition) is 5. The third-order valence-corrected chi connectivity index (χ3v) is 11.2. The molecule has 238 valence electrons. The van der Waals surface area contributed by atoms with E-state index in [1.54, 1.807) is 0 Å². The van der Waals surface area contributed by atoms with E-state index < -0.39 is 0 Å². The first-order valence-corrected chi connectivity index (χ1v) is 17.9. The fourth-order valence-electron chi connectivity index (χ4n) is 7.92. The van der Waals surface area contributed by atoms with Crippen LogP contribution in [-0.2, 0) is 0 Å². The highest BCUT2D eigenvalue weighted by Gasteiger charge is 2.38. The van der Waals surface area contributed by atoms with Gasteiger partial charge in [0.1, 0.15) is 0 Å². The molecule has 1 aliphatic heterocycles. The highest BCUT2D eigenvalue weighted by atomic mass is 32.1. The second-order valence-electron chi connectivity index (χ2n) is 12.9. The molecule has 0 fully saturated rings. The standard InChI is InChI=1S/C46H28N4S/c1-3-16-30(17-4-1)43-35-23-11-13-25-37(35)47-46(48-43)50-44-42(34-22-10-9-21-33(34)40-36-24-12-14-26-39(36)51-45(40)44)41-32-20-8-7-15-29(32)27-28-38(41)49(50)31-18-5-2-6-19-31/h1-28H/i15D. The molecule has 0 saturated heterocycles. The van der Waals surface area contributed by atoms with E-state index in [0.29, 0.717) is 12.0 Å². The molecule has 5 heteroatoms. The number of thiophene rings is 1. The largest absolute Gasteiger partial charge is 0.251 e. The van der Waals surface area contributed by atoms with E-state index in [-0.39, 0.29) is 0 Å². The zero-order chi connectivity index (χ0) is 34.3. The fourth-order valence-corrected chi connectivity index (χ4v) is 9.17. The number of hydrogen-bond donors (Lipinski definition) is 0. The van der Waals surface area contributed by atoms with E-state index in [1.807, 2.05) is 35.6 Å². The van der Waals surface area contributed by atoms with Gasteiger partial charge >= 0.3 is 0 Å². The van der Waals surface area contributed by atoms with Crippen LogP contribution in [0.5, 0.6) is 0 Å². The van der Waals surface area contributed by atoms with E-state index in [4.69, 9.17) is 11.3 Å². The molecule has 3 heterocycles. The summed E-state index contributed by atoms with van der Waals surface area (Å²) in [5, 5.41) is 12.3. The summed E-state index contributed by atoms with van der Waals surface area (Å²) in [7, 11) is 0. The molecule has 0 amide bonds. The van der Waals surface area contributed by atoms with Crippen molar-refractivity contribution in [1.82, 2.24) is 9.97 Å². The Kier molecular flexibility index (Phi) is 5.87.